The van der Waals surface area contributed by atoms with Gasteiger partial charge in [0, 0.05) is 16.2 Å². The lowest BCUT2D eigenvalue weighted by molar-refractivity contribution is -0.118. The Bertz CT molecular complexity index is 852. The van der Waals surface area contributed by atoms with Crippen LogP contribution in [0, 0.1) is 0 Å². The second-order valence-electron chi connectivity index (χ2n) is 5.24. The van der Waals surface area contributed by atoms with Gasteiger partial charge in [0.1, 0.15) is 17.2 Å². The molecule has 0 fully saturated rings. The largest absolute Gasteiger partial charge is 0.484 e. The number of hydrogen-bond acceptors (Lipinski definition) is 3. The zero-order chi connectivity index (χ0) is 17.5. The smallest absolute Gasteiger partial charge is 0.262 e. The third-order valence-electron chi connectivity index (χ3n) is 3.26. The van der Waals surface area contributed by atoms with Crippen LogP contribution in [0.4, 0.5) is 5.69 Å². The van der Waals surface area contributed by atoms with Crippen molar-refractivity contribution in [3.63, 3.8) is 0 Å². The Hall–Kier alpha value is -2.79. The highest BCUT2D eigenvalue weighted by Crippen LogP contribution is 2.25. The van der Waals surface area contributed by atoms with Gasteiger partial charge in [-0.2, -0.15) is 0 Å². The molecule has 0 aliphatic carbocycles. The van der Waals surface area contributed by atoms with E-state index in [0.29, 0.717) is 17.2 Å². The first kappa shape index (κ1) is 17.0. The minimum atomic E-state index is -0.229. The first-order chi connectivity index (χ1) is 12.2. The van der Waals surface area contributed by atoms with Crippen molar-refractivity contribution in [1.82, 2.24) is 0 Å². The number of nitrogens with one attached hydrogen (secondary N) is 1. The van der Waals surface area contributed by atoms with Crippen molar-refractivity contribution in [3.05, 3.63) is 83.3 Å². The topological polar surface area (TPSA) is 47.6 Å². The van der Waals surface area contributed by atoms with Crippen LogP contribution < -0.4 is 14.8 Å². The lowest BCUT2D eigenvalue weighted by Crippen LogP contribution is -2.20. The maximum atomic E-state index is 12.0. The molecule has 5 heteroatoms. The summed E-state index contributed by atoms with van der Waals surface area (Å²) in [6, 6.07) is 24.1. The second kappa shape index (κ2) is 8.35. The molecule has 0 radical (unpaired) electrons. The van der Waals surface area contributed by atoms with Crippen molar-refractivity contribution in [3.8, 4) is 17.2 Å². The van der Waals surface area contributed by atoms with Gasteiger partial charge in [-0.3, -0.25) is 4.79 Å². The molecule has 3 aromatic rings. The zero-order valence-electron chi connectivity index (χ0n) is 13.3. The van der Waals surface area contributed by atoms with E-state index < -0.39 is 0 Å². The summed E-state index contributed by atoms with van der Waals surface area (Å²) in [5.74, 6) is 1.73. The minimum Gasteiger partial charge on any atom is -0.484 e. The number of para-hydroxylation sites is 1. The Morgan fingerprint density at radius 1 is 0.840 bits per heavy atom. The van der Waals surface area contributed by atoms with Gasteiger partial charge in [-0.1, -0.05) is 46.3 Å². The summed E-state index contributed by atoms with van der Waals surface area (Å²) in [4.78, 5) is 12.0. The Balaban J connectivity index is 1.56. The van der Waals surface area contributed by atoms with E-state index in [1.54, 1.807) is 12.1 Å². The third-order valence-corrected chi connectivity index (χ3v) is 3.76. The Labute approximate surface area is 154 Å². The first-order valence-corrected chi connectivity index (χ1v) is 8.49. The number of ether oxygens (including phenoxy) is 2. The fourth-order valence-corrected chi connectivity index (χ4v) is 2.56. The zero-order valence-corrected chi connectivity index (χ0v) is 14.9. The number of halogens is 1. The summed E-state index contributed by atoms with van der Waals surface area (Å²) in [6.07, 6.45) is 0. The quantitative estimate of drug-likeness (QED) is 0.616. The molecule has 0 atom stereocenters. The fraction of sp³-hybridized carbons (Fsp3) is 0.0500. The van der Waals surface area contributed by atoms with E-state index in [9.17, 15) is 4.79 Å². The van der Waals surface area contributed by atoms with Crippen LogP contribution in [0.5, 0.6) is 17.2 Å². The number of carbonyl (C=O) groups is 1. The first-order valence-electron chi connectivity index (χ1n) is 7.70. The highest BCUT2D eigenvalue weighted by molar-refractivity contribution is 9.10. The fourth-order valence-electron chi connectivity index (χ4n) is 2.16. The van der Waals surface area contributed by atoms with Crippen LogP contribution in [0.15, 0.2) is 83.3 Å². The molecule has 4 nitrogen and oxygen atoms in total. The molecular weight excluding hydrogens is 382 g/mol. The third kappa shape index (κ3) is 5.36. The van der Waals surface area contributed by atoms with E-state index in [-0.39, 0.29) is 12.5 Å². The molecule has 0 aromatic heterocycles. The van der Waals surface area contributed by atoms with Crippen LogP contribution in [-0.4, -0.2) is 12.5 Å². The van der Waals surface area contributed by atoms with E-state index in [0.717, 1.165) is 10.2 Å². The number of carbonyl (C=O) groups excluding carboxylic acids is 1. The van der Waals surface area contributed by atoms with Crippen LogP contribution in [0.2, 0.25) is 0 Å². The summed E-state index contributed by atoms with van der Waals surface area (Å²) in [5, 5.41) is 2.78. The van der Waals surface area contributed by atoms with Gasteiger partial charge in [0.25, 0.3) is 5.91 Å². The Morgan fingerprint density at radius 2 is 1.56 bits per heavy atom. The monoisotopic (exact) mass is 397 g/mol. The molecule has 1 amide bonds. The normalized spacial score (nSPS) is 10.1. The maximum Gasteiger partial charge on any atom is 0.262 e. The van der Waals surface area contributed by atoms with E-state index in [2.05, 4.69) is 21.2 Å². The molecule has 0 aliphatic heterocycles. The van der Waals surface area contributed by atoms with Crippen LogP contribution in [0.25, 0.3) is 0 Å². The average Bonchev–Trinajstić information content (AvgIpc) is 2.61. The molecular formula is C20H16BrNO3. The molecule has 0 spiro atoms. The van der Waals surface area contributed by atoms with Crippen molar-refractivity contribution < 1.29 is 14.3 Å². The SMILES string of the molecule is O=C(COc1cccc(Oc2ccccc2)c1)Nc1cccc(Br)c1. The molecule has 0 heterocycles. The molecule has 0 saturated carbocycles. The van der Waals surface area contributed by atoms with Gasteiger partial charge >= 0.3 is 0 Å². The van der Waals surface area contributed by atoms with Crippen molar-refractivity contribution in [2.75, 3.05) is 11.9 Å². The molecule has 0 saturated heterocycles. The predicted molar refractivity (Wildman–Crippen MR) is 101 cm³/mol. The average molecular weight is 398 g/mol. The number of amides is 1. The van der Waals surface area contributed by atoms with Gasteiger partial charge in [-0.15, -0.1) is 0 Å². The Kier molecular flexibility index (Phi) is 5.69. The van der Waals surface area contributed by atoms with Gasteiger partial charge in [0.15, 0.2) is 6.61 Å². The highest BCUT2D eigenvalue weighted by atomic mass is 79.9. The molecule has 0 bridgehead atoms. The summed E-state index contributed by atoms with van der Waals surface area (Å²) >= 11 is 3.37. The van der Waals surface area contributed by atoms with Gasteiger partial charge in [0.05, 0.1) is 0 Å². The molecule has 1 N–H and O–H groups in total. The lowest BCUT2D eigenvalue weighted by atomic mass is 10.3. The van der Waals surface area contributed by atoms with Crippen molar-refractivity contribution in [1.29, 1.82) is 0 Å². The number of benzene rings is 3. The lowest BCUT2D eigenvalue weighted by Gasteiger charge is -2.10. The molecule has 0 unspecified atom stereocenters. The van der Waals surface area contributed by atoms with Crippen LogP contribution in [0.3, 0.4) is 0 Å². The van der Waals surface area contributed by atoms with E-state index >= 15 is 0 Å². The molecule has 3 aromatic carbocycles. The predicted octanol–water partition coefficient (Wildman–Crippen LogP) is 5.26. The van der Waals surface area contributed by atoms with Gasteiger partial charge in [0.2, 0.25) is 0 Å². The van der Waals surface area contributed by atoms with Crippen molar-refractivity contribution in [2.45, 2.75) is 0 Å². The van der Waals surface area contributed by atoms with Crippen molar-refractivity contribution >= 4 is 27.5 Å². The van der Waals surface area contributed by atoms with Gasteiger partial charge < -0.3 is 14.8 Å². The molecule has 0 aliphatic rings. The van der Waals surface area contributed by atoms with Crippen LogP contribution in [-0.2, 0) is 4.79 Å². The summed E-state index contributed by atoms with van der Waals surface area (Å²) in [7, 11) is 0. The number of anilines is 1. The van der Waals surface area contributed by atoms with Crippen LogP contribution in [0.1, 0.15) is 0 Å². The standard InChI is InChI=1S/C20H16BrNO3/c21-15-6-4-7-16(12-15)22-20(23)14-24-18-10-5-11-19(13-18)25-17-8-2-1-3-9-17/h1-13H,14H2,(H,22,23). The Morgan fingerprint density at radius 3 is 2.36 bits per heavy atom. The van der Waals surface area contributed by atoms with Gasteiger partial charge in [-0.05, 0) is 42.5 Å². The number of hydrogen-bond donors (Lipinski definition) is 1. The van der Waals surface area contributed by atoms with E-state index in [4.69, 9.17) is 9.47 Å². The van der Waals surface area contributed by atoms with Crippen molar-refractivity contribution in [2.24, 2.45) is 0 Å². The maximum absolute atomic E-state index is 12.0. The van der Waals surface area contributed by atoms with Gasteiger partial charge in [-0.25, -0.2) is 0 Å². The second-order valence-corrected chi connectivity index (χ2v) is 6.15. The van der Waals surface area contributed by atoms with Crippen LogP contribution >= 0.6 is 15.9 Å². The summed E-state index contributed by atoms with van der Waals surface area (Å²) in [6.45, 7) is -0.0820. The molecule has 25 heavy (non-hydrogen) atoms. The summed E-state index contributed by atoms with van der Waals surface area (Å²) in [5.41, 5.74) is 0.712. The van der Waals surface area contributed by atoms with E-state index in [1.807, 2.05) is 66.7 Å². The van der Waals surface area contributed by atoms with E-state index in [1.165, 1.54) is 0 Å². The number of rotatable bonds is 6. The highest BCUT2D eigenvalue weighted by Gasteiger charge is 2.05. The molecule has 126 valence electrons. The molecule has 3 rings (SSSR count). The minimum absolute atomic E-state index is 0.0820. The summed E-state index contributed by atoms with van der Waals surface area (Å²) < 4.78 is 12.2.